The summed E-state index contributed by atoms with van der Waals surface area (Å²) in [6, 6.07) is 0. The molecule has 2 N–H and O–H groups in total. The van der Waals surface area contributed by atoms with Gasteiger partial charge in [0.25, 0.3) is 0 Å². The van der Waals surface area contributed by atoms with Gasteiger partial charge in [0.1, 0.15) is 0 Å². The Bertz CT molecular complexity index is 99.2. The Labute approximate surface area is 83.5 Å². The molecule has 0 rings (SSSR count). The molecule has 0 aliphatic carbocycles. The van der Waals surface area contributed by atoms with Crippen LogP contribution in [0, 0.1) is 0 Å². The van der Waals surface area contributed by atoms with Crippen molar-refractivity contribution in [2.75, 3.05) is 0 Å². The van der Waals surface area contributed by atoms with Gasteiger partial charge in [-0.05, 0) is 0 Å². The summed E-state index contributed by atoms with van der Waals surface area (Å²) in [5.41, 5.74) is 0. The van der Waals surface area contributed by atoms with Gasteiger partial charge in [0, 0.05) is 38.8 Å². The molecule has 0 saturated carbocycles. The van der Waals surface area contributed by atoms with E-state index in [0.29, 0.717) is 0 Å². The molecule has 0 bridgehead atoms. The van der Waals surface area contributed by atoms with Gasteiger partial charge in [0.05, 0.1) is 0 Å². The van der Waals surface area contributed by atoms with Crippen LogP contribution in [0.15, 0.2) is 0 Å². The van der Waals surface area contributed by atoms with Gasteiger partial charge < -0.3 is 0 Å². The summed E-state index contributed by atoms with van der Waals surface area (Å²) < 4.78 is 31.6. The molecule has 0 radical (unpaired) electrons. The Morgan fingerprint density at radius 3 is 1.12 bits per heavy atom. The third-order valence-electron chi connectivity index (χ3n) is 0. The third-order valence-corrected chi connectivity index (χ3v) is 0. The van der Waals surface area contributed by atoms with Gasteiger partial charge in [-0.15, -0.1) is 0 Å². The topological polar surface area (TPSA) is 74.6 Å². The Morgan fingerprint density at radius 2 is 1.12 bits per heavy atom. The summed E-state index contributed by atoms with van der Waals surface area (Å²) in [5.74, 6) is 0. The van der Waals surface area contributed by atoms with Gasteiger partial charge in [-0.3, -0.25) is 9.11 Å². The molecule has 50 valence electrons. The fourth-order valence-electron chi connectivity index (χ4n) is 0. The first kappa shape index (κ1) is 22.6. The largest absolute Gasteiger partial charge is 0.394 e. The number of hydrogen-bond acceptors (Lipinski definition) is 2. The molecule has 0 amide bonds. The van der Waals surface area contributed by atoms with E-state index in [-0.39, 0.29) is 56.1 Å². The zero-order valence-corrected chi connectivity index (χ0v) is 6.45. The molecule has 4 nitrogen and oxygen atoms in total. The summed E-state index contributed by atoms with van der Waals surface area (Å²) in [7, 11) is -4.67. The van der Waals surface area contributed by atoms with Crippen LogP contribution in [0.25, 0.3) is 0 Å². The fraction of sp³-hybridized carbons (Fsp3) is 0. The van der Waals surface area contributed by atoms with E-state index in [9.17, 15) is 0 Å². The molecule has 8 heteroatoms. The first-order valence-electron chi connectivity index (χ1n) is 0.698. The number of rotatable bonds is 0. The van der Waals surface area contributed by atoms with Crippen LogP contribution in [0.1, 0.15) is 0 Å². The Kier molecular flexibility index (Phi) is 24.4. The van der Waals surface area contributed by atoms with Crippen molar-refractivity contribution in [3.05, 3.63) is 0 Å². The molecule has 0 spiro atoms. The van der Waals surface area contributed by atoms with Crippen LogP contribution < -0.4 is 0 Å². The SMILES string of the molecule is O=S(=O)(O)O.[AlH3].[Fe].[Ti]. The molecule has 8 heavy (non-hydrogen) atoms. The predicted molar refractivity (Wildman–Crippen MR) is 24.1 cm³/mol. The van der Waals surface area contributed by atoms with Gasteiger partial charge in [-0.1, -0.05) is 0 Å². The summed E-state index contributed by atoms with van der Waals surface area (Å²) in [5, 5.41) is 0. The van der Waals surface area contributed by atoms with Crippen molar-refractivity contribution in [2.24, 2.45) is 0 Å². The molecule has 0 fully saturated rings. The maximum Gasteiger partial charge on any atom is 0.394 e. The van der Waals surface area contributed by atoms with Crippen LogP contribution in [-0.2, 0) is 49.2 Å². The van der Waals surface area contributed by atoms with Crippen LogP contribution in [0.5, 0.6) is 0 Å². The van der Waals surface area contributed by atoms with Gasteiger partial charge in [-0.2, -0.15) is 8.42 Å². The summed E-state index contributed by atoms with van der Waals surface area (Å²) in [4.78, 5) is 0. The van der Waals surface area contributed by atoms with Crippen LogP contribution in [0.2, 0.25) is 0 Å². The minimum Gasteiger partial charge on any atom is -0.264 e. The quantitative estimate of drug-likeness (QED) is 0.380. The first-order valence-corrected chi connectivity index (χ1v) is 2.10. The summed E-state index contributed by atoms with van der Waals surface area (Å²) >= 11 is 0. The van der Waals surface area contributed by atoms with Gasteiger partial charge in [0.15, 0.2) is 17.4 Å². The molecule has 0 aromatic heterocycles. The van der Waals surface area contributed by atoms with E-state index in [4.69, 9.17) is 17.5 Å². The summed E-state index contributed by atoms with van der Waals surface area (Å²) in [6.07, 6.45) is 0. The minimum absolute atomic E-state index is 0. The Hall–Kier alpha value is 1.64. The average Bonchev–Trinajstić information content (AvgIpc) is 0.722. The van der Waals surface area contributed by atoms with Crippen LogP contribution in [0.4, 0.5) is 0 Å². The van der Waals surface area contributed by atoms with Gasteiger partial charge >= 0.3 is 10.4 Å². The van der Waals surface area contributed by atoms with E-state index in [0.717, 1.165) is 0 Å². The van der Waals surface area contributed by atoms with Crippen molar-refractivity contribution in [2.45, 2.75) is 0 Å². The molecule has 0 saturated heterocycles. The van der Waals surface area contributed by atoms with Gasteiger partial charge in [0.2, 0.25) is 0 Å². The van der Waals surface area contributed by atoms with E-state index in [1.807, 2.05) is 0 Å². The predicted octanol–water partition coefficient (Wildman–Crippen LogP) is -1.84. The van der Waals surface area contributed by atoms with Crippen LogP contribution >= 0.6 is 0 Å². The molecule has 0 aliphatic heterocycles. The zero-order valence-electron chi connectivity index (χ0n) is 2.97. The minimum atomic E-state index is -4.67. The first-order chi connectivity index (χ1) is 2.00. The zero-order chi connectivity index (χ0) is 4.50. The van der Waals surface area contributed by atoms with Crippen molar-refractivity contribution in [1.82, 2.24) is 0 Å². The monoisotopic (exact) mass is 232 g/mol. The van der Waals surface area contributed by atoms with E-state index in [1.165, 1.54) is 0 Å². The second-order valence-corrected chi connectivity index (χ2v) is 1.34. The van der Waals surface area contributed by atoms with E-state index in [2.05, 4.69) is 0 Å². The standard InChI is InChI=1S/Al.Fe.H2O4S.Ti.3H/c;;1-5(2,3)4;;;;/h;;(H2,1,2,3,4);;;;. The van der Waals surface area contributed by atoms with Crippen molar-refractivity contribution in [3.8, 4) is 0 Å². The Morgan fingerprint density at radius 1 is 1.12 bits per heavy atom. The van der Waals surface area contributed by atoms with Crippen molar-refractivity contribution in [3.63, 3.8) is 0 Å². The summed E-state index contributed by atoms with van der Waals surface area (Å²) in [6.45, 7) is 0. The second-order valence-electron chi connectivity index (χ2n) is 0.448. The number of hydrogen-bond donors (Lipinski definition) is 2. The van der Waals surface area contributed by atoms with Crippen LogP contribution in [0.3, 0.4) is 0 Å². The van der Waals surface area contributed by atoms with Crippen molar-refractivity contribution in [1.29, 1.82) is 0 Å². The maximum absolute atomic E-state index is 8.74. The second kappa shape index (κ2) is 8.64. The smallest absolute Gasteiger partial charge is 0.264 e. The van der Waals surface area contributed by atoms with Gasteiger partial charge in [-0.25, -0.2) is 0 Å². The maximum atomic E-state index is 8.74. The average molecular weight is 232 g/mol. The molecular formula is H5AlFeO4STi. The fourth-order valence-corrected chi connectivity index (χ4v) is 0. The van der Waals surface area contributed by atoms with E-state index >= 15 is 0 Å². The van der Waals surface area contributed by atoms with E-state index in [1.54, 1.807) is 0 Å². The van der Waals surface area contributed by atoms with Crippen LogP contribution in [-0.4, -0.2) is 34.9 Å². The van der Waals surface area contributed by atoms with E-state index < -0.39 is 10.4 Å². The van der Waals surface area contributed by atoms with Crippen molar-refractivity contribution >= 4 is 27.8 Å². The molecule has 0 heterocycles. The molecule has 0 unspecified atom stereocenters. The Balaban J connectivity index is -0.0000000267. The molecule has 0 atom stereocenters. The third kappa shape index (κ3) is 126. The normalized spacial score (nSPS) is 7.25. The molecular weight excluding hydrogens is 227 g/mol. The molecule has 0 aliphatic rings. The van der Waals surface area contributed by atoms with Crippen molar-refractivity contribution < 1.29 is 56.3 Å². The molecule has 0 aromatic rings. The molecule has 0 aromatic carbocycles.